The largest absolute Gasteiger partial charge is 0.305 e. The summed E-state index contributed by atoms with van der Waals surface area (Å²) in [6.07, 6.45) is 4.76. The molecule has 0 fully saturated rings. The molecule has 1 spiro atoms. The van der Waals surface area contributed by atoms with Gasteiger partial charge in [-0.2, -0.15) is 0 Å². The minimum absolute atomic E-state index is 0. The first-order valence-electron chi connectivity index (χ1n) is 20.5. The Kier molecular flexibility index (Phi) is 10.2. The number of hydrogen-bond acceptors (Lipinski definition) is 2. The SMILES string of the molecule is Fc1cnc(-c2[c-]cccc2)c(F)c1.[Ir].[c-]1cc2c(cc1-c1ccccn1)CC1(C2)c2cc(-c3cccc4ccccc34)ccc2-c2ccc(-c3cccc4ccccc34)cc21. The molecule has 1 radical (unpaired) electrons. The van der Waals surface area contributed by atoms with Crippen LogP contribution in [0.5, 0.6) is 0 Å². The van der Waals surface area contributed by atoms with E-state index in [4.69, 9.17) is 0 Å². The van der Waals surface area contributed by atoms with Crippen molar-refractivity contribution in [3.05, 3.63) is 240 Å². The zero-order chi connectivity index (χ0) is 40.9. The molecule has 0 aliphatic heterocycles. The first-order valence-corrected chi connectivity index (χ1v) is 20.5. The van der Waals surface area contributed by atoms with Crippen molar-refractivity contribution in [3.63, 3.8) is 0 Å². The van der Waals surface area contributed by atoms with Gasteiger partial charge in [-0.3, -0.25) is 4.98 Å². The van der Waals surface area contributed by atoms with Gasteiger partial charge in [0.1, 0.15) is 11.6 Å². The van der Waals surface area contributed by atoms with Gasteiger partial charge in [-0.15, -0.1) is 70.8 Å². The molecule has 0 saturated carbocycles. The maximum Gasteiger partial charge on any atom is 0.142 e. The van der Waals surface area contributed by atoms with Gasteiger partial charge in [0.2, 0.25) is 0 Å². The Morgan fingerprint density at radius 3 is 1.73 bits per heavy atom. The van der Waals surface area contributed by atoms with Crippen LogP contribution in [0.2, 0.25) is 0 Å². The van der Waals surface area contributed by atoms with Gasteiger partial charge in [-0.05, 0) is 103 Å². The monoisotopic (exact) mass is 979 g/mol. The number of nitrogens with zero attached hydrogens (tertiary/aromatic N) is 2. The molecule has 0 N–H and O–H groups in total. The molecule has 10 aromatic rings. The Morgan fingerprint density at radius 1 is 0.500 bits per heavy atom. The molecule has 8 aromatic carbocycles. The summed E-state index contributed by atoms with van der Waals surface area (Å²) < 4.78 is 25.8. The van der Waals surface area contributed by atoms with E-state index < -0.39 is 11.6 Å². The summed E-state index contributed by atoms with van der Waals surface area (Å²) in [5.41, 5.74) is 16.0. The van der Waals surface area contributed by atoms with Crippen molar-refractivity contribution in [3.8, 4) is 55.9 Å². The summed E-state index contributed by atoms with van der Waals surface area (Å²) in [4.78, 5) is 8.31. The van der Waals surface area contributed by atoms with E-state index in [0.717, 1.165) is 36.4 Å². The van der Waals surface area contributed by atoms with Gasteiger partial charge in [-0.1, -0.05) is 121 Å². The molecule has 2 aliphatic carbocycles. The number of aromatic nitrogens is 2. The predicted octanol–water partition coefficient (Wildman–Crippen LogP) is 14.1. The van der Waals surface area contributed by atoms with E-state index in [0.29, 0.717) is 5.56 Å². The van der Waals surface area contributed by atoms with E-state index in [1.807, 2.05) is 12.3 Å². The van der Waals surface area contributed by atoms with Crippen LogP contribution in [0.1, 0.15) is 22.3 Å². The van der Waals surface area contributed by atoms with E-state index in [-0.39, 0.29) is 31.2 Å². The van der Waals surface area contributed by atoms with Crippen LogP contribution in [0, 0.1) is 23.8 Å². The molecular formula is C57H36F2IrN2-2. The van der Waals surface area contributed by atoms with E-state index in [9.17, 15) is 8.78 Å². The molecule has 0 atom stereocenters. The van der Waals surface area contributed by atoms with Crippen LogP contribution in [-0.4, -0.2) is 9.97 Å². The first kappa shape index (κ1) is 39.2. The number of rotatable bonds is 4. The Morgan fingerprint density at radius 2 is 1.11 bits per heavy atom. The Labute approximate surface area is 373 Å². The molecule has 0 amide bonds. The molecule has 0 bridgehead atoms. The normalized spacial score (nSPS) is 12.9. The van der Waals surface area contributed by atoms with Gasteiger partial charge in [0.15, 0.2) is 0 Å². The van der Waals surface area contributed by atoms with Crippen LogP contribution < -0.4 is 0 Å². The average molecular weight is 979 g/mol. The van der Waals surface area contributed by atoms with Crippen LogP contribution in [0.25, 0.3) is 77.4 Å². The van der Waals surface area contributed by atoms with Gasteiger partial charge in [-0.25, -0.2) is 8.78 Å². The molecule has 12 rings (SSSR count). The van der Waals surface area contributed by atoms with Crippen LogP contribution in [0.4, 0.5) is 8.78 Å². The molecular weight excluding hydrogens is 943 g/mol. The molecule has 2 heterocycles. The fourth-order valence-electron chi connectivity index (χ4n) is 9.60. The third-order valence-electron chi connectivity index (χ3n) is 12.4. The molecule has 0 unspecified atom stereocenters. The van der Waals surface area contributed by atoms with Crippen molar-refractivity contribution in [2.75, 3.05) is 0 Å². The maximum absolute atomic E-state index is 13.2. The molecule has 5 heteroatoms. The average Bonchev–Trinajstić information content (AvgIpc) is 3.83. The van der Waals surface area contributed by atoms with Crippen molar-refractivity contribution in [2.24, 2.45) is 0 Å². The molecule has 2 aliphatic rings. The summed E-state index contributed by atoms with van der Waals surface area (Å²) in [5.74, 6) is -1.35. The van der Waals surface area contributed by atoms with Crippen LogP contribution in [0.15, 0.2) is 194 Å². The number of hydrogen-bond donors (Lipinski definition) is 0. The summed E-state index contributed by atoms with van der Waals surface area (Å²) >= 11 is 0. The number of pyridine rings is 2. The van der Waals surface area contributed by atoms with Crippen LogP contribution in [0.3, 0.4) is 0 Å². The van der Waals surface area contributed by atoms with E-state index in [1.165, 1.54) is 77.2 Å². The zero-order valence-corrected chi connectivity index (χ0v) is 35.8. The predicted molar refractivity (Wildman–Crippen MR) is 243 cm³/mol. The first-order chi connectivity index (χ1) is 30.0. The van der Waals surface area contributed by atoms with Crippen molar-refractivity contribution in [1.29, 1.82) is 0 Å². The Balaban J connectivity index is 0.000000261. The summed E-state index contributed by atoms with van der Waals surface area (Å²) in [6.45, 7) is 0. The van der Waals surface area contributed by atoms with E-state index in [2.05, 4.69) is 168 Å². The smallest absolute Gasteiger partial charge is 0.142 e. The fraction of sp³-hybridized carbons (Fsp3) is 0.0526. The zero-order valence-electron chi connectivity index (χ0n) is 33.4. The summed E-state index contributed by atoms with van der Waals surface area (Å²) in [6, 6.07) is 70.0. The van der Waals surface area contributed by atoms with Crippen molar-refractivity contribution < 1.29 is 28.9 Å². The van der Waals surface area contributed by atoms with Gasteiger partial charge >= 0.3 is 0 Å². The Bertz CT molecular complexity index is 3150. The summed E-state index contributed by atoms with van der Waals surface area (Å²) in [7, 11) is 0. The second-order valence-corrected chi connectivity index (χ2v) is 15.9. The molecule has 62 heavy (non-hydrogen) atoms. The second-order valence-electron chi connectivity index (χ2n) is 15.9. The quantitative estimate of drug-likeness (QED) is 0.164. The number of halogens is 2. The van der Waals surface area contributed by atoms with E-state index in [1.54, 1.807) is 24.3 Å². The summed E-state index contributed by atoms with van der Waals surface area (Å²) in [5, 5.41) is 5.13. The Hall–Kier alpha value is -6.91. The third-order valence-corrected chi connectivity index (χ3v) is 12.4. The molecule has 2 nitrogen and oxygen atoms in total. The van der Waals surface area contributed by atoms with Crippen LogP contribution >= 0.6 is 0 Å². The number of fused-ring (bicyclic) bond motifs is 8. The minimum atomic E-state index is -0.679. The topological polar surface area (TPSA) is 25.8 Å². The van der Waals surface area contributed by atoms with Crippen molar-refractivity contribution in [2.45, 2.75) is 18.3 Å². The van der Waals surface area contributed by atoms with Gasteiger partial charge < -0.3 is 4.98 Å². The minimum Gasteiger partial charge on any atom is -0.305 e. The van der Waals surface area contributed by atoms with Gasteiger partial charge in [0, 0.05) is 43.5 Å². The number of benzene rings is 8. The van der Waals surface area contributed by atoms with Crippen LogP contribution in [-0.2, 0) is 38.4 Å². The van der Waals surface area contributed by atoms with E-state index >= 15 is 0 Å². The second kappa shape index (κ2) is 16.2. The molecule has 299 valence electrons. The standard InChI is InChI=1S/C46H30N.C11H6F2N.Ir/c1-3-13-37-30(9-1)11-7-15-39(37)32-20-22-41-42-23-21-33(40-16-8-12-31-10-2-4-14-38(31)40)27-44(42)46(43(41)26-32)28-35-19-18-34(25-36(35)29-46)45-17-5-6-24-47-45;12-9-6-10(13)11(14-7-9)8-4-2-1-3-5-8;/h1-17,19-27H,28-29H2;1-4,6-7H;/q2*-1;. The fourth-order valence-corrected chi connectivity index (χ4v) is 9.60. The van der Waals surface area contributed by atoms with Crippen molar-refractivity contribution in [1.82, 2.24) is 9.97 Å². The van der Waals surface area contributed by atoms with Crippen molar-refractivity contribution >= 4 is 21.5 Å². The van der Waals surface area contributed by atoms with Gasteiger partial charge in [0.05, 0.1) is 6.20 Å². The van der Waals surface area contributed by atoms with Gasteiger partial charge in [0.25, 0.3) is 0 Å². The maximum atomic E-state index is 13.2. The molecule has 2 aromatic heterocycles. The third kappa shape index (κ3) is 6.84. The molecule has 0 saturated heterocycles.